The molecule has 0 unspecified atom stereocenters. The molecule has 0 radical (unpaired) electrons. The van der Waals surface area contributed by atoms with Crippen molar-refractivity contribution in [3.63, 3.8) is 0 Å². The van der Waals surface area contributed by atoms with E-state index in [9.17, 15) is 4.79 Å². The Bertz CT molecular complexity index is 916. The Morgan fingerprint density at radius 2 is 1.79 bits per heavy atom. The lowest BCUT2D eigenvalue weighted by molar-refractivity contribution is -0.121. The third-order valence-electron chi connectivity index (χ3n) is 5.42. The normalized spacial score (nSPS) is 12.9. The van der Waals surface area contributed by atoms with Crippen molar-refractivity contribution in [1.29, 1.82) is 0 Å². The zero-order chi connectivity index (χ0) is 20.1. The number of rotatable bonds is 7. The van der Waals surface area contributed by atoms with Crippen molar-refractivity contribution >= 4 is 16.8 Å². The van der Waals surface area contributed by atoms with E-state index in [0.29, 0.717) is 6.42 Å². The zero-order valence-electron chi connectivity index (χ0n) is 17.5. The average Bonchev–Trinajstić information content (AvgIpc) is 3.10. The minimum Gasteiger partial charge on any atom is -0.361 e. The Balaban J connectivity index is 1.94. The van der Waals surface area contributed by atoms with Gasteiger partial charge in [-0.25, -0.2) is 0 Å². The molecule has 0 aliphatic carbocycles. The van der Waals surface area contributed by atoms with E-state index in [1.807, 2.05) is 6.07 Å². The maximum absolute atomic E-state index is 12.6. The van der Waals surface area contributed by atoms with Crippen LogP contribution >= 0.6 is 0 Å². The molecule has 0 saturated heterocycles. The molecule has 1 heterocycles. The summed E-state index contributed by atoms with van der Waals surface area (Å²) in [4.78, 5) is 16.0. The number of nitrogens with one attached hydrogen (secondary N) is 2. The molecule has 0 aliphatic heterocycles. The third kappa shape index (κ3) is 4.64. The van der Waals surface area contributed by atoms with Crippen LogP contribution in [0.25, 0.3) is 10.9 Å². The van der Waals surface area contributed by atoms with Gasteiger partial charge in [-0.3, -0.25) is 4.79 Å². The van der Waals surface area contributed by atoms with Crippen molar-refractivity contribution in [2.24, 2.45) is 0 Å². The lowest BCUT2D eigenvalue weighted by Gasteiger charge is -2.22. The molecule has 0 aliphatic rings. The highest BCUT2D eigenvalue weighted by atomic mass is 16.1. The van der Waals surface area contributed by atoms with E-state index in [0.717, 1.165) is 24.9 Å². The molecule has 0 bridgehead atoms. The summed E-state index contributed by atoms with van der Waals surface area (Å²) in [5.41, 5.74) is 4.90. The predicted molar refractivity (Wildman–Crippen MR) is 118 cm³/mol. The Kier molecular flexibility index (Phi) is 6.23. The van der Waals surface area contributed by atoms with Gasteiger partial charge in [0.15, 0.2) is 0 Å². The Morgan fingerprint density at radius 1 is 1.07 bits per heavy atom. The van der Waals surface area contributed by atoms with Gasteiger partial charge in [-0.1, -0.05) is 76.6 Å². The molecular formula is C25H32N2O. The number of unbranched alkanes of at least 4 members (excludes halogenated alkanes) is 1. The summed E-state index contributed by atoms with van der Waals surface area (Å²) in [6.45, 7) is 9.55. The number of fused-ring (bicyclic) bond motifs is 1. The number of carbonyl (C=O) groups is 1. The summed E-state index contributed by atoms with van der Waals surface area (Å²) in [6, 6.07) is 17.1. The summed E-state index contributed by atoms with van der Waals surface area (Å²) in [7, 11) is 0. The van der Waals surface area contributed by atoms with E-state index in [-0.39, 0.29) is 17.2 Å². The second kappa shape index (κ2) is 8.64. The lowest BCUT2D eigenvalue weighted by Crippen LogP contribution is -2.26. The molecule has 1 amide bonds. The second-order valence-electron chi connectivity index (χ2n) is 8.62. The first kappa shape index (κ1) is 20.2. The number of hydrogen-bond acceptors (Lipinski definition) is 1. The first-order valence-electron chi connectivity index (χ1n) is 10.3. The van der Waals surface area contributed by atoms with Gasteiger partial charge in [0.1, 0.15) is 0 Å². The van der Waals surface area contributed by atoms with Gasteiger partial charge in [0, 0.05) is 36.0 Å². The second-order valence-corrected chi connectivity index (χ2v) is 8.62. The molecule has 3 aromatic rings. The van der Waals surface area contributed by atoms with Crippen LogP contribution in [-0.4, -0.2) is 17.4 Å². The highest BCUT2D eigenvalue weighted by Gasteiger charge is 2.22. The highest BCUT2D eigenvalue weighted by Crippen LogP contribution is 2.34. The van der Waals surface area contributed by atoms with Crippen molar-refractivity contribution in [2.75, 3.05) is 6.54 Å². The first-order valence-corrected chi connectivity index (χ1v) is 10.3. The van der Waals surface area contributed by atoms with Crippen LogP contribution in [-0.2, 0) is 10.2 Å². The molecule has 3 nitrogen and oxygen atoms in total. The van der Waals surface area contributed by atoms with Crippen LogP contribution in [0, 0.1) is 0 Å². The van der Waals surface area contributed by atoms with Crippen molar-refractivity contribution in [3.05, 3.63) is 71.4 Å². The van der Waals surface area contributed by atoms with Gasteiger partial charge in [0.2, 0.25) is 5.91 Å². The van der Waals surface area contributed by atoms with Crippen LogP contribution in [0.15, 0.2) is 54.7 Å². The van der Waals surface area contributed by atoms with E-state index in [4.69, 9.17) is 0 Å². The van der Waals surface area contributed by atoms with Crippen LogP contribution in [0.4, 0.5) is 0 Å². The molecule has 0 fully saturated rings. The summed E-state index contributed by atoms with van der Waals surface area (Å²) in [5, 5.41) is 4.27. The minimum atomic E-state index is 0.0341. The van der Waals surface area contributed by atoms with Gasteiger partial charge >= 0.3 is 0 Å². The largest absolute Gasteiger partial charge is 0.361 e. The number of hydrogen-bond donors (Lipinski definition) is 2. The minimum absolute atomic E-state index is 0.0341. The molecule has 1 atom stereocenters. The van der Waals surface area contributed by atoms with Crippen molar-refractivity contribution in [3.8, 4) is 0 Å². The molecule has 28 heavy (non-hydrogen) atoms. The SMILES string of the molecule is CCCCNC(=O)C[C@H](c1ccc(C(C)(C)C)cc1)c1c[nH]c2ccccc12. The van der Waals surface area contributed by atoms with E-state index >= 15 is 0 Å². The fourth-order valence-electron chi connectivity index (χ4n) is 3.67. The topological polar surface area (TPSA) is 44.9 Å². The molecule has 148 valence electrons. The van der Waals surface area contributed by atoms with E-state index < -0.39 is 0 Å². The Morgan fingerprint density at radius 3 is 2.46 bits per heavy atom. The van der Waals surface area contributed by atoms with Crippen LogP contribution in [0.2, 0.25) is 0 Å². The van der Waals surface area contributed by atoms with Crippen LogP contribution in [0.1, 0.15) is 69.6 Å². The van der Waals surface area contributed by atoms with E-state index in [1.165, 1.54) is 22.1 Å². The summed E-state index contributed by atoms with van der Waals surface area (Å²) in [5.74, 6) is 0.149. The number of aromatic amines is 1. The highest BCUT2D eigenvalue weighted by molar-refractivity contribution is 5.86. The van der Waals surface area contributed by atoms with E-state index in [1.54, 1.807) is 0 Å². The molecule has 3 rings (SSSR count). The molecular weight excluding hydrogens is 344 g/mol. The monoisotopic (exact) mass is 376 g/mol. The number of carbonyl (C=O) groups excluding carboxylic acids is 1. The van der Waals surface area contributed by atoms with Gasteiger partial charge < -0.3 is 10.3 Å². The summed E-state index contributed by atoms with van der Waals surface area (Å²) in [6.07, 6.45) is 4.62. The fourth-order valence-corrected chi connectivity index (χ4v) is 3.67. The summed E-state index contributed by atoms with van der Waals surface area (Å²) >= 11 is 0. The quantitative estimate of drug-likeness (QED) is 0.495. The zero-order valence-corrected chi connectivity index (χ0v) is 17.5. The van der Waals surface area contributed by atoms with Crippen LogP contribution < -0.4 is 5.32 Å². The molecule has 0 spiro atoms. The number of para-hydroxylation sites is 1. The number of benzene rings is 2. The van der Waals surface area contributed by atoms with Gasteiger partial charge in [-0.2, -0.15) is 0 Å². The van der Waals surface area contributed by atoms with Gasteiger partial charge in [-0.15, -0.1) is 0 Å². The van der Waals surface area contributed by atoms with Gasteiger partial charge in [0.05, 0.1) is 0 Å². The Hall–Kier alpha value is -2.55. The lowest BCUT2D eigenvalue weighted by atomic mass is 9.83. The maximum Gasteiger partial charge on any atom is 0.220 e. The third-order valence-corrected chi connectivity index (χ3v) is 5.42. The maximum atomic E-state index is 12.6. The van der Waals surface area contributed by atoms with Gasteiger partial charge in [0.25, 0.3) is 0 Å². The van der Waals surface area contributed by atoms with Crippen molar-refractivity contribution < 1.29 is 4.79 Å². The van der Waals surface area contributed by atoms with Crippen LogP contribution in [0.3, 0.4) is 0 Å². The van der Waals surface area contributed by atoms with Gasteiger partial charge in [-0.05, 0) is 34.6 Å². The number of amides is 1. The standard InChI is InChI=1S/C25H32N2O/c1-5-6-15-26-24(28)16-21(18-11-13-19(14-12-18)25(2,3)4)22-17-27-23-10-8-7-9-20(22)23/h7-14,17,21,27H,5-6,15-16H2,1-4H3,(H,26,28)/t21-/m1/s1. The van der Waals surface area contributed by atoms with E-state index in [2.05, 4.69) is 86.7 Å². The average molecular weight is 377 g/mol. The molecule has 3 heteroatoms. The Labute approximate surface area is 168 Å². The predicted octanol–water partition coefficient (Wildman–Crippen LogP) is 5.90. The smallest absolute Gasteiger partial charge is 0.220 e. The summed E-state index contributed by atoms with van der Waals surface area (Å²) < 4.78 is 0. The molecule has 0 saturated carbocycles. The fraction of sp³-hybridized carbons (Fsp3) is 0.400. The van der Waals surface area contributed by atoms with Crippen molar-refractivity contribution in [2.45, 2.75) is 58.3 Å². The van der Waals surface area contributed by atoms with Crippen LogP contribution in [0.5, 0.6) is 0 Å². The molecule has 2 N–H and O–H groups in total. The molecule has 2 aromatic carbocycles. The van der Waals surface area contributed by atoms with Crippen molar-refractivity contribution in [1.82, 2.24) is 10.3 Å². The number of H-pyrrole nitrogens is 1. The number of aromatic nitrogens is 1. The first-order chi connectivity index (χ1) is 13.4. The molecule has 1 aromatic heterocycles.